The summed E-state index contributed by atoms with van der Waals surface area (Å²) in [5.41, 5.74) is 3.95. The van der Waals surface area contributed by atoms with Crippen LogP contribution in [0.15, 0.2) is 72.6 Å². The Kier molecular flexibility index (Phi) is 6.03. The second-order valence-corrected chi connectivity index (χ2v) is 7.36. The molecule has 3 aromatic rings. The molecule has 1 aliphatic rings. The van der Waals surface area contributed by atoms with Gasteiger partial charge in [0.25, 0.3) is 5.91 Å². The molecule has 0 bridgehead atoms. The van der Waals surface area contributed by atoms with Crippen molar-refractivity contribution in [1.29, 1.82) is 10.8 Å². The number of pyridine rings is 1. The summed E-state index contributed by atoms with van der Waals surface area (Å²) in [4.78, 5) is 26.0. The van der Waals surface area contributed by atoms with Crippen LogP contribution < -0.4 is 5.32 Å². The molecule has 2 heterocycles. The minimum Gasteiger partial charge on any atom is -0.360 e. The van der Waals surface area contributed by atoms with Gasteiger partial charge in [-0.25, -0.2) is 0 Å². The highest BCUT2D eigenvalue weighted by atomic mass is 16.1. The Bertz CT molecular complexity index is 1260. The molecular formula is C24H27N7O. The lowest BCUT2D eigenvalue weighted by atomic mass is 10.1. The number of benzene rings is 1. The van der Waals surface area contributed by atoms with Crippen molar-refractivity contribution in [3.63, 3.8) is 0 Å². The van der Waals surface area contributed by atoms with E-state index in [0.29, 0.717) is 11.3 Å². The molecule has 8 nitrogen and oxygen atoms in total. The first-order valence-electron chi connectivity index (χ1n) is 10.2. The fourth-order valence-corrected chi connectivity index (χ4v) is 3.29. The van der Waals surface area contributed by atoms with Crippen LogP contribution in [0.2, 0.25) is 0 Å². The number of hydrogen-bond donors (Lipinski definition) is 4. The number of H-pyrrole nitrogens is 1. The average Bonchev–Trinajstić information content (AvgIpc) is 3.52. The maximum atomic E-state index is 12.8. The van der Waals surface area contributed by atoms with Crippen LogP contribution in [0.3, 0.4) is 0 Å². The van der Waals surface area contributed by atoms with Gasteiger partial charge in [-0.05, 0) is 48.7 Å². The second kappa shape index (κ2) is 9.22. The minimum absolute atomic E-state index is 0. The maximum absolute atomic E-state index is 12.8. The van der Waals surface area contributed by atoms with E-state index in [4.69, 9.17) is 10.8 Å². The highest BCUT2D eigenvalue weighted by Crippen LogP contribution is 2.27. The maximum Gasteiger partial charge on any atom is 0.274 e. The number of aromatic amines is 1. The number of nitrogens with zero attached hydrogens (tertiary/aromatic N) is 3. The summed E-state index contributed by atoms with van der Waals surface area (Å²) >= 11 is 0. The van der Waals surface area contributed by atoms with Crippen molar-refractivity contribution in [3.8, 4) is 0 Å². The number of carbonyl (C=O) groups is 1. The number of amidine groups is 1. The third kappa shape index (κ3) is 4.70. The van der Waals surface area contributed by atoms with Gasteiger partial charge >= 0.3 is 0 Å². The van der Waals surface area contributed by atoms with Crippen molar-refractivity contribution in [1.82, 2.24) is 14.9 Å². The highest BCUT2D eigenvalue weighted by molar-refractivity contribution is 6.47. The third-order valence-corrected chi connectivity index (χ3v) is 5.05. The van der Waals surface area contributed by atoms with Crippen molar-refractivity contribution in [2.75, 3.05) is 5.32 Å². The standard InChI is InChI=1S/C24H23N7O.2H2/c1-2-27-21(9-6-16-12-22-20(29-14-16)10-11-28-22)24(32)30-18-5-3-4-17(13-18)23(26)31(15-25)19-7-8-19;;/h2-6,9-15,19,25-26,28H,1,7-8H2,(H,30,32);2*1H/b9-6+,25-15?,26-23?,27-21?;;. The zero-order valence-electron chi connectivity index (χ0n) is 17.4. The number of aliphatic imine (C=N–C) groups is 1. The van der Waals surface area contributed by atoms with Crippen LogP contribution in [-0.4, -0.2) is 44.7 Å². The number of nitrogens with one attached hydrogen (secondary N) is 4. The molecule has 2 aromatic heterocycles. The molecule has 1 aromatic carbocycles. The van der Waals surface area contributed by atoms with E-state index in [1.165, 1.54) is 12.5 Å². The van der Waals surface area contributed by atoms with Crippen LogP contribution in [-0.2, 0) is 4.79 Å². The van der Waals surface area contributed by atoms with E-state index in [1.54, 1.807) is 47.5 Å². The Balaban J connectivity index is 0.00000204. The van der Waals surface area contributed by atoms with Gasteiger partial charge in [-0.3, -0.25) is 25.6 Å². The molecule has 1 saturated carbocycles. The van der Waals surface area contributed by atoms with Gasteiger partial charge in [0.1, 0.15) is 11.5 Å². The first kappa shape index (κ1) is 20.9. The number of anilines is 1. The normalized spacial score (nSPS) is 13.8. The first-order valence-corrected chi connectivity index (χ1v) is 10.2. The largest absolute Gasteiger partial charge is 0.360 e. The molecule has 0 radical (unpaired) electrons. The Labute approximate surface area is 188 Å². The summed E-state index contributed by atoms with van der Waals surface area (Å²) in [5, 5.41) is 18.8. The predicted molar refractivity (Wildman–Crippen MR) is 133 cm³/mol. The molecule has 1 aliphatic carbocycles. The summed E-state index contributed by atoms with van der Waals surface area (Å²) in [6.07, 6.45) is 11.4. The SMILES string of the molecule is C=CN=C(/C=C/c1cnc2cc[nH]c2c1)C(=O)Nc1cccc(C(=N)N(C=N)C2CC2)c1.[HH].[HH]. The molecule has 1 fully saturated rings. The van der Waals surface area contributed by atoms with Gasteiger partial charge in [0.05, 0.1) is 17.4 Å². The molecule has 0 saturated heterocycles. The quantitative estimate of drug-likeness (QED) is 0.307. The zero-order chi connectivity index (χ0) is 22.5. The lowest BCUT2D eigenvalue weighted by Gasteiger charge is -2.19. The van der Waals surface area contributed by atoms with E-state index in [2.05, 4.69) is 26.9 Å². The van der Waals surface area contributed by atoms with Crippen LogP contribution in [0.25, 0.3) is 17.1 Å². The monoisotopic (exact) mass is 429 g/mol. The number of amides is 1. The van der Waals surface area contributed by atoms with Crippen molar-refractivity contribution in [2.24, 2.45) is 4.99 Å². The van der Waals surface area contributed by atoms with Crippen molar-refractivity contribution < 1.29 is 7.65 Å². The smallest absolute Gasteiger partial charge is 0.274 e. The number of carbonyl (C=O) groups excluding carboxylic acids is 1. The molecule has 4 N–H and O–H groups in total. The summed E-state index contributed by atoms with van der Waals surface area (Å²) in [5.74, 6) is -0.157. The van der Waals surface area contributed by atoms with Crippen molar-refractivity contribution in [2.45, 2.75) is 18.9 Å². The molecule has 164 valence electrons. The van der Waals surface area contributed by atoms with Crippen LogP contribution in [0.1, 0.15) is 26.8 Å². The van der Waals surface area contributed by atoms with Crippen LogP contribution in [0.4, 0.5) is 5.69 Å². The van der Waals surface area contributed by atoms with Gasteiger partial charge in [-0.2, -0.15) is 0 Å². The number of fused-ring (bicyclic) bond motifs is 1. The second-order valence-electron chi connectivity index (χ2n) is 7.36. The summed E-state index contributed by atoms with van der Waals surface area (Å²) < 4.78 is 0. The van der Waals surface area contributed by atoms with Crippen LogP contribution in [0.5, 0.6) is 0 Å². The van der Waals surface area contributed by atoms with Crippen molar-refractivity contribution in [3.05, 3.63) is 78.8 Å². The Hall–Kier alpha value is -4.33. The molecule has 4 rings (SSSR count). The lowest BCUT2D eigenvalue weighted by Crippen LogP contribution is -2.31. The zero-order valence-corrected chi connectivity index (χ0v) is 17.4. The topological polar surface area (TPSA) is 121 Å². The fraction of sp³-hybridized carbons (Fsp3) is 0.125. The lowest BCUT2D eigenvalue weighted by molar-refractivity contribution is -0.110. The van der Waals surface area contributed by atoms with Gasteiger partial charge in [0.2, 0.25) is 0 Å². The number of rotatable bonds is 8. The minimum atomic E-state index is -0.398. The fourth-order valence-electron chi connectivity index (χ4n) is 3.29. The average molecular weight is 430 g/mol. The molecule has 8 heteroatoms. The number of hydrogen-bond acceptors (Lipinski definition) is 5. The summed E-state index contributed by atoms with van der Waals surface area (Å²) in [6.45, 7) is 3.59. The van der Waals surface area contributed by atoms with Gasteiger partial charge in [-0.15, -0.1) is 0 Å². The Morgan fingerprint density at radius 2 is 2.19 bits per heavy atom. The Morgan fingerprint density at radius 3 is 2.94 bits per heavy atom. The summed E-state index contributed by atoms with van der Waals surface area (Å²) in [7, 11) is 0. The molecular weight excluding hydrogens is 402 g/mol. The van der Waals surface area contributed by atoms with E-state index in [9.17, 15) is 4.79 Å². The third-order valence-electron chi connectivity index (χ3n) is 5.05. The molecule has 1 amide bonds. The molecule has 0 spiro atoms. The van der Waals surface area contributed by atoms with Gasteiger partial charge in [0, 0.05) is 38.7 Å². The summed E-state index contributed by atoms with van der Waals surface area (Å²) in [6, 6.07) is 11.1. The highest BCUT2D eigenvalue weighted by Gasteiger charge is 2.30. The van der Waals surface area contributed by atoms with E-state index in [0.717, 1.165) is 29.4 Å². The number of aromatic nitrogens is 2. The van der Waals surface area contributed by atoms with Crippen LogP contribution in [0, 0.1) is 10.8 Å². The predicted octanol–water partition coefficient (Wildman–Crippen LogP) is 4.69. The van der Waals surface area contributed by atoms with Crippen molar-refractivity contribution >= 4 is 46.6 Å². The van der Waals surface area contributed by atoms with E-state index in [1.807, 2.05) is 18.3 Å². The Morgan fingerprint density at radius 1 is 1.34 bits per heavy atom. The molecule has 32 heavy (non-hydrogen) atoms. The van der Waals surface area contributed by atoms with Crippen LogP contribution >= 0.6 is 0 Å². The van der Waals surface area contributed by atoms with Gasteiger partial charge in [0.15, 0.2) is 0 Å². The first-order chi connectivity index (χ1) is 15.6. The van der Waals surface area contributed by atoms with Gasteiger partial charge < -0.3 is 15.2 Å². The van der Waals surface area contributed by atoms with E-state index >= 15 is 0 Å². The molecule has 0 aliphatic heterocycles. The molecule has 0 unspecified atom stereocenters. The molecule has 0 atom stereocenters. The van der Waals surface area contributed by atoms with E-state index < -0.39 is 5.91 Å². The van der Waals surface area contributed by atoms with E-state index in [-0.39, 0.29) is 20.4 Å². The van der Waals surface area contributed by atoms with Gasteiger partial charge in [-0.1, -0.05) is 24.8 Å².